The van der Waals surface area contributed by atoms with Crippen LogP contribution in [0.1, 0.15) is 0 Å². The van der Waals surface area contributed by atoms with Gasteiger partial charge in [-0.05, 0) is 6.07 Å². The van der Waals surface area contributed by atoms with Crippen LogP contribution in [0.5, 0.6) is 0 Å². The molecule has 0 bridgehead atoms. The molecular weight excluding hydrogens is 231 g/mol. The second kappa shape index (κ2) is 4.59. The Morgan fingerprint density at radius 3 is 2.53 bits per heavy atom. The Bertz CT molecular complexity index is 480. The first-order chi connectivity index (χ1) is 6.50. The fraction of sp³-hybridized carbons (Fsp3) is 0.125. The quantitative estimate of drug-likeness (QED) is 0.560. The number of benzene rings is 1. The summed E-state index contributed by atoms with van der Waals surface area (Å²) in [5.74, 6) is 0. The molecule has 0 atom stereocenters. The van der Waals surface area contributed by atoms with E-state index in [0.717, 1.165) is 6.07 Å². The molecule has 0 amide bonds. The van der Waals surface area contributed by atoms with E-state index in [4.69, 9.17) is 0 Å². The summed E-state index contributed by atoms with van der Waals surface area (Å²) in [5.41, 5.74) is -0.0494. The first-order valence-corrected chi connectivity index (χ1v) is 4.10. The Morgan fingerprint density at radius 2 is 1.93 bits per heavy atom. The molecule has 74 valence electrons. The van der Waals surface area contributed by atoms with E-state index < -0.39 is 12.4 Å². The van der Waals surface area contributed by atoms with Crippen LogP contribution in [0.4, 0.5) is 12.9 Å². The molecule has 15 heavy (non-hydrogen) atoms. The van der Waals surface area contributed by atoms with Crippen molar-refractivity contribution in [3.8, 4) is 0 Å². The van der Waals surface area contributed by atoms with E-state index in [2.05, 4.69) is 4.98 Å². The van der Waals surface area contributed by atoms with Crippen molar-refractivity contribution in [3.63, 3.8) is 0 Å². The molecule has 0 aliphatic heterocycles. The Kier molecular flexibility index (Phi) is 4.05. The fourth-order valence-corrected chi connectivity index (χ4v) is 1.51. The van der Waals surface area contributed by atoms with Crippen molar-refractivity contribution in [2.45, 2.75) is 0 Å². The predicted octanol–water partition coefficient (Wildman–Crippen LogP) is -1.37. The van der Waals surface area contributed by atoms with Gasteiger partial charge in [0, 0.05) is 12.6 Å². The van der Waals surface area contributed by atoms with Gasteiger partial charge >= 0.3 is 58.4 Å². The zero-order valence-electron chi connectivity index (χ0n) is 8.42. The number of aromatic nitrogens is 2. The van der Waals surface area contributed by atoms with Crippen LogP contribution in [0.25, 0.3) is 11.0 Å². The number of imidazole rings is 1. The average Bonchev–Trinajstić information content (AvgIpc) is 2.46. The van der Waals surface area contributed by atoms with Gasteiger partial charge in [0.25, 0.3) is 0 Å². The van der Waals surface area contributed by atoms with Crippen molar-refractivity contribution in [2.24, 2.45) is 7.05 Å². The number of fused-ring (bicyclic) bond motifs is 1. The summed E-state index contributed by atoms with van der Waals surface area (Å²) >= 11 is 0. The van der Waals surface area contributed by atoms with E-state index in [0.29, 0.717) is 5.52 Å². The molecule has 0 aliphatic carbocycles. The molecule has 2 aromatic rings. The molecule has 0 fully saturated rings. The molecule has 7 heteroatoms. The zero-order valence-corrected chi connectivity index (χ0v) is 11.5. The smallest absolute Gasteiger partial charge is 0.445 e. The summed E-state index contributed by atoms with van der Waals surface area (Å²) in [6.07, 6.45) is 1.38. The second-order valence-electron chi connectivity index (χ2n) is 3.15. The number of aryl methyl sites for hydroxylation is 1. The van der Waals surface area contributed by atoms with Crippen molar-refractivity contribution in [3.05, 3.63) is 24.5 Å². The van der Waals surface area contributed by atoms with E-state index in [1.54, 1.807) is 13.1 Å². The van der Waals surface area contributed by atoms with Crippen LogP contribution in [0.3, 0.4) is 0 Å². The third-order valence-corrected chi connectivity index (χ3v) is 2.12. The summed E-state index contributed by atoms with van der Waals surface area (Å²) in [4.78, 5) is 3.87. The van der Waals surface area contributed by atoms with E-state index >= 15 is 0 Å². The van der Waals surface area contributed by atoms with Crippen molar-refractivity contribution >= 4 is 23.5 Å². The number of halogens is 3. The van der Waals surface area contributed by atoms with Gasteiger partial charge in [0.2, 0.25) is 0 Å². The monoisotopic (exact) mass is 238 g/mol. The minimum Gasteiger partial charge on any atom is -0.445 e. The van der Waals surface area contributed by atoms with Crippen molar-refractivity contribution in [2.75, 3.05) is 0 Å². The van der Waals surface area contributed by atoms with Crippen LogP contribution < -0.4 is 56.8 Å². The molecule has 2 rings (SSSR count). The van der Waals surface area contributed by atoms with Gasteiger partial charge in [-0.2, -0.15) is 0 Å². The minimum absolute atomic E-state index is 0. The van der Waals surface area contributed by atoms with Crippen LogP contribution >= 0.6 is 0 Å². The van der Waals surface area contributed by atoms with Crippen LogP contribution in [0.15, 0.2) is 24.5 Å². The average molecular weight is 238 g/mol. The van der Waals surface area contributed by atoms with Crippen LogP contribution in [-0.2, 0) is 7.05 Å². The Balaban J connectivity index is 0.00000112. The standard InChI is InChI=1S/C8H7BF3N2.K/c1-14-5-13-7-4-2-3-6(8(7)14)9(10,11)12;/h2-5H,1H3;/q-1;+1. The molecule has 0 saturated heterocycles. The minimum atomic E-state index is -4.97. The summed E-state index contributed by atoms with van der Waals surface area (Å²) in [7, 11) is 1.56. The number of nitrogens with zero attached hydrogens (tertiary/aromatic N) is 2. The SMILES string of the molecule is Cn1cnc2cccc([B-](F)(F)F)c21.[K+]. The van der Waals surface area contributed by atoms with E-state index in [1.807, 2.05) is 0 Å². The maximum Gasteiger partial charge on any atom is 1.00 e. The molecule has 0 radical (unpaired) electrons. The molecule has 1 aromatic heterocycles. The maximum absolute atomic E-state index is 12.6. The number of hydrogen-bond donors (Lipinski definition) is 0. The first kappa shape index (κ1) is 13.2. The number of rotatable bonds is 1. The molecule has 1 heterocycles. The van der Waals surface area contributed by atoms with Gasteiger partial charge in [0.05, 0.1) is 11.8 Å². The van der Waals surface area contributed by atoms with Gasteiger partial charge in [0.15, 0.2) is 0 Å². The third-order valence-electron chi connectivity index (χ3n) is 2.12. The van der Waals surface area contributed by atoms with E-state index in [-0.39, 0.29) is 56.9 Å². The zero-order chi connectivity index (χ0) is 10.3. The predicted molar refractivity (Wildman–Crippen MR) is 49.4 cm³/mol. The van der Waals surface area contributed by atoms with E-state index in [1.165, 1.54) is 17.0 Å². The Hall–Kier alpha value is 0.181. The fourth-order valence-electron chi connectivity index (χ4n) is 1.51. The summed E-state index contributed by atoms with van der Waals surface area (Å²) in [6, 6.07) is 4.03. The van der Waals surface area contributed by atoms with Gasteiger partial charge in [-0.1, -0.05) is 17.6 Å². The number of hydrogen-bond acceptors (Lipinski definition) is 1. The van der Waals surface area contributed by atoms with Crippen LogP contribution in [0.2, 0.25) is 0 Å². The van der Waals surface area contributed by atoms with Crippen LogP contribution in [0, 0.1) is 0 Å². The van der Waals surface area contributed by atoms with Crippen molar-refractivity contribution in [1.82, 2.24) is 9.55 Å². The van der Waals surface area contributed by atoms with Crippen molar-refractivity contribution in [1.29, 1.82) is 0 Å². The summed E-state index contributed by atoms with van der Waals surface area (Å²) in [6.45, 7) is -4.97. The van der Waals surface area contributed by atoms with Crippen molar-refractivity contribution < 1.29 is 64.3 Å². The Morgan fingerprint density at radius 1 is 1.27 bits per heavy atom. The first-order valence-electron chi connectivity index (χ1n) is 4.10. The molecule has 1 aromatic carbocycles. The number of para-hydroxylation sites is 1. The molecule has 0 unspecified atom stereocenters. The summed E-state index contributed by atoms with van der Waals surface area (Å²) in [5, 5.41) is 0. The molecular formula is C8H7BF3KN2. The van der Waals surface area contributed by atoms with Crippen LogP contribution in [-0.4, -0.2) is 16.5 Å². The largest absolute Gasteiger partial charge is 1.00 e. The normalized spacial score (nSPS) is 11.5. The van der Waals surface area contributed by atoms with E-state index in [9.17, 15) is 12.9 Å². The maximum atomic E-state index is 12.6. The molecule has 0 aliphatic rings. The van der Waals surface area contributed by atoms with Gasteiger partial charge in [-0.15, -0.1) is 0 Å². The van der Waals surface area contributed by atoms with Gasteiger partial charge in [-0.3, -0.25) is 0 Å². The van der Waals surface area contributed by atoms with Gasteiger partial charge in [0.1, 0.15) is 0 Å². The molecule has 0 N–H and O–H groups in total. The third kappa shape index (κ3) is 2.47. The molecule has 0 saturated carbocycles. The van der Waals surface area contributed by atoms with Gasteiger partial charge in [-0.25, -0.2) is 4.98 Å². The summed E-state index contributed by atoms with van der Waals surface area (Å²) < 4.78 is 39.2. The Labute approximate surface area is 127 Å². The molecule has 0 spiro atoms. The topological polar surface area (TPSA) is 17.8 Å². The molecule has 2 nitrogen and oxygen atoms in total. The second-order valence-corrected chi connectivity index (χ2v) is 3.15. The van der Waals surface area contributed by atoms with Gasteiger partial charge < -0.3 is 17.5 Å².